The second-order valence-corrected chi connectivity index (χ2v) is 9.56. The summed E-state index contributed by atoms with van der Waals surface area (Å²) in [7, 11) is 0. The van der Waals surface area contributed by atoms with E-state index >= 15 is 0 Å². The number of hydrogen-bond donors (Lipinski definition) is 2. The van der Waals surface area contributed by atoms with Crippen LogP contribution in [0, 0.1) is 17.8 Å². The molecule has 9 nitrogen and oxygen atoms in total. The molecular weight excluding hydrogens is 436 g/mol. The highest BCUT2D eigenvalue weighted by atomic mass is 19.3. The molecule has 2 atom stereocenters. The van der Waals surface area contributed by atoms with E-state index < -0.39 is 41.0 Å². The van der Waals surface area contributed by atoms with E-state index in [1.54, 1.807) is 0 Å². The van der Waals surface area contributed by atoms with Gasteiger partial charge in [-0.3, -0.25) is 19.0 Å². The molecule has 5 rings (SSSR count). The largest absolute Gasteiger partial charge is 0.494 e. The maximum atomic E-state index is 13.4. The van der Waals surface area contributed by atoms with Gasteiger partial charge < -0.3 is 15.3 Å². The summed E-state index contributed by atoms with van der Waals surface area (Å²) >= 11 is 0. The Morgan fingerprint density at radius 1 is 1.30 bits per heavy atom. The third-order valence-corrected chi connectivity index (χ3v) is 6.52. The summed E-state index contributed by atoms with van der Waals surface area (Å²) in [6.45, 7) is 4.18. The summed E-state index contributed by atoms with van der Waals surface area (Å²) in [6.07, 6.45) is 5.74. The number of nitrogens with zero attached hydrogens (tertiary/aromatic N) is 4. The van der Waals surface area contributed by atoms with Crippen molar-refractivity contribution in [1.82, 2.24) is 24.4 Å². The zero-order valence-electron chi connectivity index (χ0n) is 18.3. The average Bonchev–Trinajstić information content (AvgIpc) is 3.47. The maximum absolute atomic E-state index is 13.4. The van der Waals surface area contributed by atoms with Gasteiger partial charge in [0.15, 0.2) is 5.56 Å². The number of aromatic nitrogens is 3. The first-order valence-corrected chi connectivity index (χ1v) is 11.1. The van der Waals surface area contributed by atoms with Crippen molar-refractivity contribution in [3.63, 3.8) is 0 Å². The number of halogens is 2. The van der Waals surface area contributed by atoms with Gasteiger partial charge in [0.2, 0.25) is 11.8 Å². The molecule has 0 radical (unpaired) electrons. The first kappa shape index (κ1) is 21.6. The number of amides is 2. The molecule has 2 aliphatic carbocycles. The van der Waals surface area contributed by atoms with E-state index in [-0.39, 0.29) is 36.3 Å². The molecular formula is C22H25F2N5O4. The van der Waals surface area contributed by atoms with E-state index in [1.807, 2.05) is 13.8 Å². The Labute approximate surface area is 187 Å². The quantitative estimate of drug-likeness (QED) is 0.634. The van der Waals surface area contributed by atoms with Gasteiger partial charge in [-0.25, -0.2) is 8.78 Å². The van der Waals surface area contributed by atoms with Gasteiger partial charge in [-0.2, -0.15) is 9.61 Å². The number of alkyl halides is 2. The summed E-state index contributed by atoms with van der Waals surface area (Å²) in [4.78, 5) is 39.5. The van der Waals surface area contributed by atoms with E-state index in [1.165, 1.54) is 27.8 Å². The molecule has 33 heavy (non-hydrogen) atoms. The normalized spacial score (nSPS) is 23.5. The van der Waals surface area contributed by atoms with Crippen LogP contribution in [-0.4, -0.2) is 61.1 Å². The number of rotatable bonds is 6. The van der Waals surface area contributed by atoms with Crippen LogP contribution in [0.25, 0.3) is 11.7 Å². The standard InChI is InChI=1S/C22H25F2N5O4/c1-11(2)8-28-19-12(3-6-16(30)27-9-14-15(10-27)22(14,23)24)7-25-29(19)21(33)17(20(28)32)18(31)26-13-4-5-13/h3,6-7,11,13-15,32H,4-5,8-10H2,1-2H3,(H,26,31)/b6-3+. The number of likely N-dealkylation sites (tertiary alicyclic amines) is 1. The van der Waals surface area contributed by atoms with Crippen molar-refractivity contribution in [2.75, 3.05) is 13.1 Å². The smallest absolute Gasteiger partial charge is 0.291 e. The fourth-order valence-corrected chi connectivity index (χ4v) is 4.50. The highest BCUT2D eigenvalue weighted by Crippen LogP contribution is 2.59. The lowest BCUT2D eigenvalue weighted by atomic mass is 10.2. The molecule has 2 N–H and O–H groups in total. The molecule has 2 amide bonds. The molecule has 0 spiro atoms. The lowest BCUT2D eigenvalue weighted by Gasteiger charge is -2.18. The van der Waals surface area contributed by atoms with Crippen LogP contribution in [0.3, 0.4) is 0 Å². The van der Waals surface area contributed by atoms with Gasteiger partial charge in [0.25, 0.3) is 17.4 Å². The van der Waals surface area contributed by atoms with Crippen LogP contribution in [0.2, 0.25) is 0 Å². The monoisotopic (exact) mass is 461 g/mol. The topological polar surface area (TPSA) is 109 Å². The van der Waals surface area contributed by atoms with Crippen LogP contribution >= 0.6 is 0 Å². The minimum Gasteiger partial charge on any atom is -0.494 e. The Hall–Kier alpha value is -3.24. The molecule has 2 aromatic heterocycles. The van der Waals surface area contributed by atoms with Crippen molar-refractivity contribution in [2.24, 2.45) is 17.8 Å². The van der Waals surface area contributed by atoms with E-state index in [4.69, 9.17) is 0 Å². The van der Waals surface area contributed by atoms with E-state index in [2.05, 4.69) is 10.4 Å². The second-order valence-electron chi connectivity index (χ2n) is 9.56. The van der Waals surface area contributed by atoms with Crippen LogP contribution < -0.4 is 10.9 Å². The van der Waals surface area contributed by atoms with E-state index in [9.17, 15) is 28.3 Å². The Kier molecular flexibility index (Phi) is 4.84. The van der Waals surface area contributed by atoms with Gasteiger partial charge in [-0.05, 0) is 24.8 Å². The predicted molar refractivity (Wildman–Crippen MR) is 114 cm³/mol. The SMILES string of the molecule is CC(C)Cn1c(O)c(C(=O)NC2CC2)c(=O)n2ncc(/C=C/C(=O)N3CC4C(C3)C4(F)F)c12. The van der Waals surface area contributed by atoms with Crippen molar-refractivity contribution in [2.45, 2.75) is 45.2 Å². The van der Waals surface area contributed by atoms with Gasteiger partial charge in [-0.1, -0.05) is 13.8 Å². The fourth-order valence-electron chi connectivity index (χ4n) is 4.50. The molecule has 2 unspecified atom stereocenters. The zero-order valence-corrected chi connectivity index (χ0v) is 18.3. The van der Waals surface area contributed by atoms with Crippen LogP contribution in [-0.2, 0) is 11.3 Å². The molecule has 3 heterocycles. The van der Waals surface area contributed by atoms with Crippen molar-refractivity contribution in [3.05, 3.63) is 33.8 Å². The number of carbonyl (C=O) groups is 2. The number of hydrogen-bond acceptors (Lipinski definition) is 5. The minimum absolute atomic E-state index is 0.00393. The summed E-state index contributed by atoms with van der Waals surface area (Å²) in [5.41, 5.74) is -0.496. The molecule has 1 aliphatic heterocycles. The lowest BCUT2D eigenvalue weighted by Crippen LogP contribution is -2.34. The van der Waals surface area contributed by atoms with Crippen molar-refractivity contribution >= 4 is 23.5 Å². The molecule has 176 valence electrons. The predicted octanol–water partition coefficient (Wildman–Crippen LogP) is 1.49. The first-order chi connectivity index (χ1) is 15.6. The molecule has 3 fully saturated rings. The molecule has 0 bridgehead atoms. The van der Waals surface area contributed by atoms with Crippen LogP contribution in [0.1, 0.15) is 42.6 Å². The summed E-state index contributed by atoms with van der Waals surface area (Å²) < 4.78 is 29.3. The van der Waals surface area contributed by atoms with Crippen LogP contribution in [0.15, 0.2) is 17.1 Å². The minimum atomic E-state index is -2.67. The van der Waals surface area contributed by atoms with Crippen LogP contribution in [0.4, 0.5) is 8.78 Å². The number of fused-ring (bicyclic) bond motifs is 2. The second kappa shape index (κ2) is 7.39. The van der Waals surface area contributed by atoms with E-state index in [0.29, 0.717) is 12.1 Å². The van der Waals surface area contributed by atoms with Crippen molar-refractivity contribution in [1.29, 1.82) is 0 Å². The van der Waals surface area contributed by atoms with Gasteiger partial charge >= 0.3 is 0 Å². The third-order valence-electron chi connectivity index (χ3n) is 6.52. The maximum Gasteiger partial charge on any atom is 0.291 e. The molecule has 1 saturated heterocycles. The first-order valence-electron chi connectivity index (χ1n) is 11.1. The van der Waals surface area contributed by atoms with Gasteiger partial charge in [0, 0.05) is 37.3 Å². The molecule has 2 aromatic rings. The number of aromatic hydroxyl groups is 1. The lowest BCUT2D eigenvalue weighted by molar-refractivity contribution is -0.126. The van der Waals surface area contributed by atoms with Crippen molar-refractivity contribution in [3.8, 4) is 5.88 Å². The van der Waals surface area contributed by atoms with E-state index in [0.717, 1.165) is 17.4 Å². The number of carbonyl (C=O) groups excluding carboxylic acids is 2. The molecule has 3 aliphatic rings. The fraction of sp³-hybridized carbons (Fsp3) is 0.545. The molecule has 2 saturated carbocycles. The average molecular weight is 461 g/mol. The van der Waals surface area contributed by atoms with Crippen LogP contribution in [0.5, 0.6) is 5.88 Å². The highest BCUT2D eigenvalue weighted by Gasteiger charge is 2.72. The summed E-state index contributed by atoms with van der Waals surface area (Å²) in [5.74, 6) is -5.64. The van der Waals surface area contributed by atoms with Gasteiger partial charge in [0.1, 0.15) is 5.65 Å². The zero-order chi connectivity index (χ0) is 23.7. The molecule has 11 heteroatoms. The number of piperidine rings is 1. The Morgan fingerprint density at radius 3 is 2.58 bits per heavy atom. The number of nitrogens with one attached hydrogen (secondary N) is 1. The van der Waals surface area contributed by atoms with Crippen molar-refractivity contribution < 1.29 is 23.5 Å². The Bertz CT molecular complexity index is 1230. The molecule has 0 aromatic carbocycles. The Balaban J connectivity index is 1.48. The highest BCUT2D eigenvalue weighted by molar-refractivity contribution is 5.97. The Morgan fingerprint density at radius 2 is 1.97 bits per heavy atom. The summed E-state index contributed by atoms with van der Waals surface area (Å²) in [6, 6.07) is 0.00393. The third kappa shape index (κ3) is 3.59. The summed E-state index contributed by atoms with van der Waals surface area (Å²) in [5, 5.41) is 17.7. The van der Waals surface area contributed by atoms with Gasteiger partial charge in [-0.15, -0.1) is 0 Å². The van der Waals surface area contributed by atoms with Gasteiger partial charge in [0.05, 0.1) is 18.0 Å².